The molecule has 0 amide bonds. The van der Waals surface area contributed by atoms with Gasteiger partial charge in [0, 0.05) is 5.56 Å². The fraction of sp³-hybridized carbons (Fsp3) is 0.111. The molecule has 2 aromatic carbocycles. The van der Waals surface area contributed by atoms with Crippen molar-refractivity contribution < 1.29 is 13.2 Å². The van der Waals surface area contributed by atoms with Gasteiger partial charge in [-0.1, -0.05) is 36.4 Å². The van der Waals surface area contributed by atoms with Crippen molar-refractivity contribution in [3.63, 3.8) is 0 Å². The molecule has 7 heteroatoms. The minimum Gasteiger partial charge on any atom is -0.368 e. The van der Waals surface area contributed by atoms with Gasteiger partial charge < -0.3 is 5.73 Å². The van der Waals surface area contributed by atoms with Gasteiger partial charge in [0.1, 0.15) is 0 Å². The second-order valence-corrected chi connectivity index (χ2v) is 5.50. The van der Waals surface area contributed by atoms with E-state index in [4.69, 9.17) is 5.73 Å². The molecule has 3 aromatic rings. The van der Waals surface area contributed by atoms with Crippen molar-refractivity contribution in [3.05, 3.63) is 71.5 Å². The minimum atomic E-state index is -4.39. The average molecular weight is 344 g/mol. The Morgan fingerprint density at radius 3 is 2.56 bits per heavy atom. The predicted molar refractivity (Wildman–Crippen MR) is 91.2 cm³/mol. The second-order valence-electron chi connectivity index (χ2n) is 5.50. The van der Waals surface area contributed by atoms with Crippen LogP contribution in [0.4, 0.5) is 19.1 Å². The molecule has 0 bridgehead atoms. The Morgan fingerprint density at radius 1 is 1.12 bits per heavy atom. The number of hydrogen-bond donors (Lipinski definition) is 1. The summed E-state index contributed by atoms with van der Waals surface area (Å²) in [6.07, 6.45) is -1.17. The maximum atomic E-state index is 12.9. The summed E-state index contributed by atoms with van der Waals surface area (Å²) in [4.78, 5) is 4.04. The lowest BCUT2D eigenvalue weighted by Gasteiger charge is -2.10. The van der Waals surface area contributed by atoms with Gasteiger partial charge in [-0.25, -0.2) is 9.66 Å². The van der Waals surface area contributed by atoms with Crippen LogP contribution in [0.25, 0.3) is 11.1 Å². The third-order valence-electron chi connectivity index (χ3n) is 3.62. The summed E-state index contributed by atoms with van der Waals surface area (Å²) in [5, 5.41) is 4.24. The first-order valence-corrected chi connectivity index (χ1v) is 7.47. The van der Waals surface area contributed by atoms with E-state index >= 15 is 0 Å². The Labute approximate surface area is 142 Å². The van der Waals surface area contributed by atoms with Gasteiger partial charge in [0.15, 0.2) is 0 Å². The molecule has 4 nitrogen and oxygen atoms in total. The molecule has 128 valence electrons. The number of imidazole rings is 1. The molecular formula is C18H15F3N4. The smallest absolute Gasteiger partial charge is 0.368 e. The maximum Gasteiger partial charge on any atom is 0.416 e. The van der Waals surface area contributed by atoms with E-state index in [0.717, 1.165) is 17.8 Å². The van der Waals surface area contributed by atoms with Crippen LogP contribution in [-0.4, -0.2) is 15.9 Å². The van der Waals surface area contributed by atoms with Crippen molar-refractivity contribution in [1.29, 1.82) is 0 Å². The van der Waals surface area contributed by atoms with E-state index in [1.807, 2.05) is 0 Å². The number of anilines is 1. The molecule has 0 aliphatic heterocycles. The van der Waals surface area contributed by atoms with Crippen LogP contribution in [0, 0.1) is 6.92 Å². The lowest BCUT2D eigenvalue weighted by atomic mass is 9.98. The average Bonchev–Trinajstić information content (AvgIpc) is 2.90. The highest BCUT2D eigenvalue weighted by atomic mass is 19.4. The van der Waals surface area contributed by atoms with Crippen molar-refractivity contribution in [2.45, 2.75) is 13.1 Å². The summed E-state index contributed by atoms with van der Waals surface area (Å²) in [6.45, 7) is 1.79. The predicted octanol–water partition coefficient (Wildman–Crippen LogP) is 4.34. The third kappa shape index (κ3) is 3.71. The Morgan fingerprint density at radius 2 is 1.88 bits per heavy atom. The zero-order valence-electron chi connectivity index (χ0n) is 13.3. The Bertz CT molecular complexity index is 926. The molecule has 0 atom stereocenters. The van der Waals surface area contributed by atoms with Gasteiger partial charge in [0.25, 0.3) is 0 Å². The first kappa shape index (κ1) is 16.8. The molecule has 1 aromatic heterocycles. The lowest BCUT2D eigenvalue weighted by molar-refractivity contribution is -0.137. The first-order valence-electron chi connectivity index (χ1n) is 7.47. The molecule has 0 fully saturated rings. The molecule has 0 radical (unpaired) electrons. The standard InChI is InChI=1S/C18H15F3N4/c1-12-11-25(17(22)24-12)23-10-14-5-2-3-8-16(14)13-6-4-7-15(9-13)18(19,20)21/h2-11H,1H3,(H2,22,24). The van der Waals surface area contributed by atoms with Crippen LogP contribution >= 0.6 is 0 Å². The minimum absolute atomic E-state index is 0.241. The lowest BCUT2D eigenvalue weighted by Crippen LogP contribution is -2.04. The molecule has 3 rings (SSSR count). The topological polar surface area (TPSA) is 56.2 Å². The van der Waals surface area contributed by atoms with Crippen LogP contribution in [0.5, 0.6) is 0 Å². The van der Waals surface area contributed by atoms with E-state index in [0.29, 0.717) is 16.7 Å². The van der Waals surface area contributed by atoms with E-state index in [1.165, 1.54) is 10.7 Å². The number of nitrogens with two attached hydrogens (primary N) is 1. The highest BCUT2D eigenvalue weighted by Crippen LogP contribution is 2.32. The van der Waals surface area contributed by atoms with Crippen LogP contribution in [0.1, 0.15) is 16.8 Å². The van der Waals surface area contributed by atoms with Crippen LogP contribution < -0.4 is 5.73 Å². The van der Waals surface area contributed by atoms with E-state index in [1.54, 1.807) is 49.7 Å². The van der Waals surface area contributed by atoms with Gasteiger partial charge in [-0.3, -0.25) is 0 Å². The molecule has 0 saturated heterocycles. The quantitative estimate of drug-likeness (QED) is 0.719. The summed E-state index contributed by atoms with van der Waals surface area (Å²) in [7, 11) is 0. The van der Waals surface area contributed by atoms with Crippen molar-refractivity contribution in [2.75, 3.05) is 5.73 Å². The number of benzene rings is 2. The molecule has 0 spiro atoms. The molecule has 0 saturated carbocycles. The normalized spacial score (nSPS) is 12.0. The molecule has 0 aliphatic carbocycles. The monoisotopic (exact) mass is 344 g/mol. The van der Waals surface area contributed by atoms with Gasteiger partial charge in [-0.15, -0.1) is 0 Å². The van der Waals surface area contributed by atoms with Crippen LogP contribution in [0.15, 0.2) is 59.8 Å². The van der Waals surface area contributed by atoms with Gasteiger partial charge in [-0.2, -0.15) is 18.3 Å². The molecule has 25 heavy (non-hydrogen) atoms. The SMILES string of the molecule is Cc1cn(N=Cc2ccccc2-c2cccc(C(F)(F)F)c2)c(N)n1. The van der Waals surface area contributed by atoms with E-state index in [9.17, 15) is 13.2 Å². The number of nitrogen functional groups attached to an aromatic ring is 1. The number of alkyl halides is 3. The number of halogens is 3. The highest BCUT2D eigenvalue weighted by molar-refractivity contribution is 5.90. The fourth-order valence-corrected chi connectivity index (χ4v) is 2.46. The summed E-state index contributed by atoms with van der Waals surface area (Å²) < 4.78 is 40.3. The van der Waals surface area contributed by atoms with Crippen molar-refractivity contribution in [3.8, 4) is 11.1 Å². The Balaban J connectivity index is 2.01. The van der Waals surface area contributed by atoms with E-state index < -0.39 is 11.7 Å². The number of hydrogen-bond acceptors (Lipinski definition) is 3. The highest BCUT2D eigenvalue weighted by Gasteiger charge is 2.30. The molecule has 0 aliphatic rings. The molecule has 0 unspecified atom stereocenters. The van der Waals surface area contributed by atoms with Gasteiger partial charge in [0.05, 0.1) is 23.7 Å². The zero-order chi connectivity index (χ0) is 18.0. The number of aromatic nitrogens is 2. The number of aryl methyl sites for hydroxylation is 1. The fourth-order valence-electron chi connectivity index (χ4n) is 2.46. The number of nitrogens with zero attached hydrogens (tertiary/aromatic N) is 3. The Hall–Kier alpha value is -3.09. The van der Waals surface area contributed by atoms with Crippen molar-refractivity contribution >= 4 is 12.2 Å². The summed E-state index contributed by atoms with van der Waals surface area (Å²) in [5.41, 5.74) is 7.55. The van der Waals surface area contributed by atoms with E-state index in [-0.39, 0.29) is 5.95 Å². The second kappa shape index (κ2) is 6.43. The van der Waals surface area contributed by atoms with Gasteiger partial charge in [0.2, 0.25) is 5.95 Å². The first-order chi connectivity index (χ1) is 11.8. The van der Waals surface area contributed by atoms with Crippen LogP contribution in [-0.2, 0) is 6.18 Å². The molecule has 2 N–H and O–H groups in total. The summed E-state index contributed by atoms with van der Waals surface area (Å²) in [5.74, 6) is 0.241. The Kier molecular flexibility index (Phi) is 4.31. The molecule has 1 heterocycles. The van der Waals surface area contributed by atoms with Gasteiger partial charge >= 0.3 is 6.18 Å². The van der Waals surface area contributed by atoms with Crippen LogP contribution in [0.3, 0.4) is 0 Å². The largest absolute Gasteiger partial charge is 0.416 e. The molecular weight excluding hydrogens is 329 g/mol. The van der Waals surface area contributed by atoms with Crippen molar-refractivity contribution in [1.82, 2.24) is 9.66 Å². The van der Waals surface area contributed by atoms with Gasteiger partial charge in [-0.05, 0) is 30.2 Å². The summed E-state index contributed by atoms with van der Waals surface area (Å²) in [6, 6.07) is 12.3. The maximum absolute atomic E-state index is 12.9. The third-order valence-corrected chi connectivity index (χ3v) is 3.62. The zero-order valence-corrected chi connectivity index (χ0v) is 13.3. The van der Waals surface area contributed by atoms with E-state index in [2.05, 4.69) is 10.1 Å². The van der Waals surface area contributed by atoms with Crippen LogP contribution in [0.2, 0.25) is 0 Å². The summed E-state index contributed by atoms with van der Waals surface area (Å²) >= 11 is 0. The van der Waals surface area contributed by atoms with Crippen molar-refractivity contribution in [2.24, 2.45) is 5.10 Å². The number of rotatable bonds is 3.